The molecule has 0 N–H and O–H groups in total. The minimum absolute atomic E-state index is 0.164. The molecule has 1 aliphatic carbocycles. The van der Waals surface area contributed by atoms with Crippen molar-refractivity contribution in [1.29, 1.82) is 0 Å². The van der Waals surface area contributed by atoms with E-state index in [0.29, 0.717) is 0 Å². The predicted molar refractivity (Wildman–Crippen MR) is 139 cm³/mol. The molecular formula is C31H31N. The van der Waals surface area contributed by atoms with Crippen LogP contribution >= 0.6 is 0 Å². The van der Waals surface area contributed by atoms with E-state index in [9.17, 15) is 0 Å². The van der Waals surface area contributed by atoms with E-state index >= 15 is 0 Å². The Labute approximate surface area is 191 Å². The second-order valence-corrected chi connectivity index (χ2v) is 9.58. The summed E-state index contributed by atoms with van der Waals surface area (Å²) in [6, 6.07) is 24.1. The molecule has 32 heavy (non-hydrogen) atoms. The molecule has 0 spiro atoms. The van der Waals surface area contributed by atoms with Crippen LogP contribution in [-0.2, 0) is 11.8 Å². The van der Waals surface area contributed by atoms with Gasteiger partial charge in [0.1, 0.15) is 0 Å². The van der Waals surface area contributed by atoms with Gasteiger partial charge >= 0.3 is 0 Å². The molecule has 1 aromatic heterocycles. The standard InChI is InChI=1S/C31H31N/c1-21-15-17-25(18-16-21)32-28-14-10-9-13-26(28)30-22(2)27(19-20-29(30)32)31(4,5)23(3)24-11-7-6-8-12-24/h6-8,10-12,14-20H,3,9,13H2,1-2,4-5H3. The summed E-state index contributed by atoms with van der Waals surface area (Å²) < 4.78 is 2.44. The van der Waals surface area contributed by atoms with Crippen molar-refractivity contribution in [3.63, 3.8) is 0 Å². The summed E-state index contributed by atoms with van der Waals surface area (Å²) in [6.45, 7) is 13.6. The number of allylic oxidation sites excluding steroid dienone is 2. The number of benzene rings is 3. The average Bonchev–Trinajstić information content (AvgIpc) is 3.15. The topological polar surface area (TPSA) is 4.93 Å². The first-order valence-corrected chi connectivity index (χ1v) is 11.6. The Hall–Kier alpha value is -3.32. The second kappa shape index (κ2) is 7.67. The maximum atomic E-state index is 4.53. The number of aryl methyl sites for hydroxylation is 3. The van der Waals surface area contributed by atoms with Gasteiger partial charge in [0.15, 0.2) is 0 Å². The highest BCUT2D eigenvalue weighted by atomic mass is 15.0. The van der Waals surface area contributed by atoms with Gasteiger partial charge in [-0.2, -0.15) is 0 Å². The van der Waals surface area contributed by atoms with Gasteiger partial charge in [-0.25, -0.2) is 0 Å². The molecule has 1 heteroatoms. The monoisotopic (exact) mass is 417 g/mol. The molecule has 0 radical (unpaired) electrons. The molecule has 0 atom stereocenters. The van der Waals surface area contributed by atoms with Crippen molar-refractivity contribution in [3.05, 3.63) is 113 Å². The van der Waals surface area contributed by atoms with Crippen LogP contribution in [0.25, 0.3) is 28.2 Å². The molecule has 5 rings (SSSR count). The highest BCUT2D eigenvalue weighted by Gasteiger charge is 2.29. The Balaban J connectivity index is 1.74. The Morgan fingerprint density at radius 1 is 0.906 bits per heavy atom. The number of rotatable bonds is 4. The van der Waals surface area contributed by atoms with E-state index in [-0.39, 0.29) is 5.41 Å². The van der Waals surface area contributed by atoms with E-state index in [1.54, 1.807) is 0 Å². The zero-order chi connectivity index (χ0) is 22.5. The van der Waals surface area contributed by atoms with Crippen molar-refractivity contribution in [3.8, 4) is 5.69 Å². The molecule has 3 aromatic carbocycles. The maximum absolute atomic E-state index is 4.53. The predicted octanol–water partition coefficient (Wildman–Crippen LogP) is 8.20. The first-order chi connectivity index (χ1) is 15.4. The van der Waals surface area contributed by atoms with Gasteiger partial charge in [-0.05, 0) is 78.8 Å². The van der Waals surface area contributed by atoms with Crippen LogP contribution in [0.5, 0.6) is 0 Å². The van der Waals surface area contributed by atoms with Crippen LogP contribution in [0.3, 0.4) is 0 Å². The number of fused-ring (bicyclic) bond motifs is 3. The van der Waals surface area contributed by atoms with Gasteiger partial charge in [-0.3, -0.25) is 0 Å². The summed E-state index contributed by atoms with van der Waals surface area (Å²) in [7, 11) is 0. The van der Waals surface area contributed by atoms with Gasteiger partial charge in [0.2, 0.25) is 0 Å². The fourth-order valence-electron chi connectivity index (χ4n) is 5.32. The van der Waals surface area contributed by atoms with E-state index in [1.807, 2.05) is 0 Å². The third kappa shape index (κ3) is 3.15. The van der Waals surface area contributed by atoms with Crippen molar-refractivity contribution in [2.24, 2.45) is 0 Å². The molecule has 1 nitrogen and oxygen atoms in total. The van der Waals surface area contributed by atoms with E-state index in [0.717, 1.165) is 18.4 Å². The van der Waals surface area contributed by atoms with Crippen molar-refractivity contribution in [2.75, 3.05) is 0 Å². The SMILES string of the molecule is C=C(c1ccccc1)C(C)(C)c1ccc2c(c1C)c1c(n2-c2ccc(C)cc2)C=CCC1. The molecule has 0 amide bonds. The molecule has 0 bridgehead atoms. The lowest BCUT2D eigenvalue weighted by Gasteiger charge is -2.30. The summed E-state index contributed by atoms with van der Waals surface area (Å²) in [4.78, 5) is 0. The van der Waals surface area contributed by atoms with E-state index < -0.39 is 0 Å². The average molecular weight is 418 g/mol. The van der Waals surface area contributed by atoms with Crippen molar-refractivity contribution in [1.82, 2.24) is 4.57 Å². The Morgan fingerprint density at radius 2 is 1.62 bits per heavy atom. The van der Waals surface area contributed by atoms with Crippen molar-refractivity contribution < 1.29 is 0 Å². The molecule has 0 aliphatic heterocycles. The fourth-order valence-corrected chi connectivity index (χ4v) is 5.32. The number of hydrogen-bond acceptors (Lipinski definition) is 0. The number of nitrogens with zero attached hydrogens (tertiary/aromatic N) is 1. The summed E-state index contributed by atoms with van der Waals surface area (Å²) in [5.74, 6) is 0. The lowest BCUT2D eigenvalue weighted by Crippen LogP contribution is -2.20. The third-order valence-corrected chi connectivity index (χ3v) is 7.21. The van der Waals surface area contributed by atoms with E-state index in [2.05, 4.69) is 118 Å². The highest BCUT2D eigenvalue weighted by molar-refractivity contribution is 5.95. The number of aromatic nitrogens is 1. The fraction of sp³-hybridized carbons (Fsp3) is 0.226. The Kier molecular flexibility index (Phi) is 4.93. The quantitative estimate of drug-likeness (QED) is 0.315. The van der Waals surface area contributed by atoms with Crippen LogP contribution in [0.2, 0.25) is 0 Å². The van der Waals surface area contributed by atoms with Crippen LogP contribution < -0.4 is 0 Å². The molecule has 0 saturated carbocycles. The third-order valence-electron chi connectivity index (χ3n) is 7.21. The molecule has 0 fully saturated rings. The van der Waals surface area contributed by atoms with Gasteiger partial charge in [-0.15, -0.1) is 0 Å². The molecule has 0 unspecified atom stereocenters. The smallest absolute Gasteiger partial charge is 0.0540 e. The molecule has 160 valence electrons. The van der Waals surface area contributed by atoms with Crippen molar-refractivity contribution >= 4 is 22.6 Å². The maximum Gasteiger partial charge on any atom is 0.0540 e. The minimum Gasteiger partial charge on any atom is -0.310 e. The van der Waals surface area contributed by atoms with Gasteiger partial charge in [0, 0.05) is 22.2 Å². The normalized spacial score (nSPS) is 13.4. The van der Waals surface area contributed by atoms with Crippen LogP contribution in [0.4, 0.5) is 0 Å². The van der Waals surface area contributed by atoms with E-state index in [4.69, 9.17) is 0 Å². The summed E-state index contributed by atoms with van der Waals surface area (Å²) >= 11 is 0. The van der Waals surface area contributed by atoms with Crippen LogP contribution in [0.15, 0.2) is 79.4 Å². The Morgan fingerprint density at radius 3 is 2.34 bits per heavy atom. The minimum atomic E-state index is -0.164. The van der Waals surface area contributed by atoms with Gasteiger partial charge < -0.3 is 4.57 Å². The second-order valence-electron chi connectivity index (χ2n) is 9.58. The molecule has 1 aliphatic rings. The summed E-state index contributed by atoms with van der Waals surface area (Å²) in [6.07, 6.45) is 6.81. The van der Waals surface area contributed by atoms with E-state index in [1.165, 1.54) is 50.1 Å². The molecule has 1 heterocycles. The first kappa shape index (κ1) is 20.6. The van der Waals surface area contributed by atoms with Crippen LogP contribution in [0.1, 0.15) is 53.8 Å². The molecular weight excluding hydrogens is 386 g/mol. The number of hydrogen-bond donors (Lipinski definition) is 0. The highest BCUT2D eigenvalue weighted by Crippen LogP contribution is 2.43. The lowest BCUT2D eigenvalue weighted by molar-refractivity contribution is 0.689. The first-order valence-electron chi connectivity index (χ1n) is 11.6. The zero-order valence-corrected chi connectivity index (χ0v) is 19.6. The Bertz CT molecular complexity index is 1350. The van der Waals surface area contributed by atoms with Crippen molar-refractivity contribution in [2.45, 2.75) is 46.0 Å². The van der Waals surface area contributed by atoms with Crippen LogP contribution in [0, 0.1) is 13.8 Å². The summed E-state index contributed by atoms with van der Waals surface area (Å²) in [5.41, 5.74) is 11.6. The lowest BCUT2D eigenvalue weighted by atomic mass is 9.73. The van der Waals surface area contributed by atoms with Gasteiger partial charge in [-0.1, -0.05) is 80.6 Å². The summed E-state index contributed by atoms with van der Waals surface area (Å²) in [5, 5.41) is 1.41. The molecule has 4 aromatic rings. The zero-order valence-electron chi connectivity index (χ0n) is 19.6. The van der Waals surface area contributed by atoms with Gasteiger partial charge in [0.25, 0.3) is 0 Å². The van der Waals surface area contributed by atoms with Crippen LogP contribution in [-0.4, -0.2) is 4.57 Å². The largest absolute Gasteiger partial charge is 0.310 e. The molecule has 0 saturated heterocycles. The van der Waals surface area contributed by atoms with Gasteiger partial charge in [0.05, 0.1) is 5.52 Å².